The number of nitrogens with zero attached hydrogens (tertiary/aromatic N) is 3. The number of nitrogens with one attached hydrogen (secondary N) is 1. The van der Waals surface area contributed by atoms with Crippen LogP contribution in [0.4, 0.5) is 0 Å². The lowest BCUT2D eigenvalue weighted by atomic mass is 10.1. The molecule has 1 aromatic carbocycles. The van der Waals surface area contributed by atoms with E-state index in [9.17, 15) is 4.79 Å². The summed E-state index contributed by atoms with van der Waals surface area (Å²) >= 11 is 6.15. The first-order chi connectivity index (χ1) is 9.08. The van der Waals surface area contributed by atoms with Crippen molar-refractivity contribution >= 4 is 22.6 Å². The van der Waals surface area contributed by atoms with Gasteiger partial charge in [0.25, 0.3) is 0 Å². The normalized spacial score (nSPS) is 11.1. The number of aromatic amines is 1. The molecule has 3 rings (SSSR count). The predicted octanol–water partition coefficient (Wildman–Crippen LogP) is 2.24. The van der Waals surface area contributed by atoms with Gasteiger partial charge >= 0.3 is 0 Å². The van der Waals surface area contributed by atoms with Gasteiger partial charge in [0.2, 0.25) is 5.82 Å². The van der Waals surface area contributed by atoms with Crippen LogP contribution in [0.15, 0.2) is 21.3 Å². The van der Waals surface area contributed by atoms with Gasteiger partial charge in [-0.05, 0) is 36.3 Å². The van der Waals surface area contributed by atoms with Crippen molar-refractivity contribution in [2.75, 3.05) is 0 Å². The van der Waals surface area contributed by atoms with Crippen LogP contribution in [0.25, 0.3) is 22.6 Å². The SMILES string of the molecule is Cc1cc2oc(-c3nn[nH]n3)cc(=O)c2c(C)c1Cl. The molecule has 0 aliphatic carbocycles. The molecule has 0 saturated heterocycles. The van der Waals surface area contributed by atoms with Crippen molar-refractivity contribution in [1.29, 1.82) is 0 Å². The predicted molar refractivity (Wildman–Crippen MR) is 70.1 cm³/mol. The van der Waals surface area contributed by atoms with E-state index in [1.807, 2.05) is 6.92 Å². The fraction of sp³-hybridized carbons (Fsp3) is 0.167. The van der Waals surface area contributed by atoms with E-state index in [1.165, 1.54) is 6.07 Å². The first-order valence-corrected chi connectivity index (χ1v) is 5.93. The van der Waals surface area contributed by atoms with Crippen molar-refractivity contribution in [1.82, 2.24) is 20.6 Å². The summed E-state index contributed by atoms with van der Waals surface area (Å²) in [6, 6.07) is 3.07. The lowest BCUT2D eigenvalue weighted by Crippen LogP contribution is -2.04. The zero-order chi connectivity index (χ0) is 13.6. The van der Waals surface area contributed by atoms with Gasteiger partial charge in [0, 0.05) is 11.1 Å². The number of hydrogen-bond acceptors (Lipinski definition) is 5. The van der Waals surface area contributed by atoms with Crippen molar-refractivity contribution in [2.45, 2.75) is 13.8 Å². The summed E-state index contributed by atoms with van der Waals surface area (Å²) in [6.07, 6.45) is 0. The van der Waals surface area contributed by atoms with Crippen LogP contribution in [0.3, 0.4) is 0 Å². The first kappa shape index (κ1) is 11.9. The molecule has 2 aromatic heterocycles. The van der Waals surface area contributed by atoms with E-state index in [0.29, 0.717) is 21.6 Å². The highest BCUT2D eigenvalue weighted by atomic mass is 35.5. The van der Waals surface area contributed by atoms with Crippen LogP contribution < -0.4 is 5.43 Å². The third-order valence-corrected chi connectivity index (χ3v) is 3.52. The molecule has 0 bridgehead atoms. The number of rotatable bonds is 1. The number of tetrazole rings is 1. The fourth-order valence-corrected chi connectivity index (χ4v) is 2.17. The Morgan fingerprint density at radius 1 is 1.32 bits per heavy atom. The summed E-state index contributed by atoms with van der Waals surface area (Å²) in [6.45, 7) is 3.65. The van der Waals surface area contributed by atoms with Gasteiger partial charge in [-0.2, -0.15) is 5.21 Å². The quantitative estimate of drug-likeness (QED) is 0.737. The van der Waals surface area contributed by atoms with E-state index >= 15 is 0 Å². The molecule has 7 heteroatoms. The zero-order valence-corrected chi connectivity index (χ0v) is 10.9. The molecule has 0 aliphatic heterocycles. The van der Waals surface area contributed by atoms with E-state index in [0.717, 1.165) is 5.56 Å². The Bertz CT molecular complexity index is 824. The van der Waals surface area contributed by atoms with Crippen LogP contribution in [0, 0.1) is 13.8 Å². The lowest BCUT2D eigenvalue weighted by molar-refractivity contribution is 0.612. The van der Waals surface area contributed by atoms with Crippen LogP contribution >= 0.6 is 11.6 Å². The molecule has 0 unspecified atom stereocenters. The maximum atomic E-state index is 12.2. The molecule has 0 saturated carbocycles. The Morgan fingerprint density at radius 3 is 2.79 bits per heavy atom. The van der Waals surface area contributed by atoms with Crippen molar-refractivity contribution in [3.05, 3.63) is 38.5 Å². The molecule has 6 nitrogen and oxygen atoms in total. The van der Waals surface area contributed by atoms with E-state index in [2.05, 4.69) is 20.6 Å². The summed E-state index contributed by atoms with van der Waals surface area (Å²) < 4.78 is 5.66. The lowest BCUT2D eigenvalue weighted by Gasteiger charge is -2.07. The first-order valence-electron chi connectivity index (χ1n) is 5.55. The van der Waals surface area contributed by atoms with Crippen LogP contribution in [-0.2, 0) is 0 Å². The van der Waals surface area contributed by atoms with E-state index < -0.39 is 0 Å². The van der Waals surface area contributed by atoms with Gasteiger partial charge in [0.15, 0.2) is 11.2 Å². The Morgan fingerprint density at radius 2 is 2.11 bits per heavy atom. The Balaban J connectivity index is 2.39. The largest absolute Gasteiger partial charge is 0.452 e. The minimum absolute atomic E-state index is 0.180. The number of halogens is 1. The summed E-state index contributed by atoms with van der Waals surface area (Å²) in [4.78, 5) is 12.2. The van der Waals surface area contributed by atoms with Crippen molar-refractivity contribution in [3.63, 3.8) is 0 Å². The minimum atomic E-state index is -0.180. The molecule has 1 N–H and O–H groups in total. The summed E-state index contributed by atoms with van der Waals surface area (Å²) in [5, 5.41) is 14.4. The number of H-pyrrole nitrogens is 1. The van der Waals surface area contributed by atoms with Gasteiger partial charge in [-0.1, -0.05) is 11.6 Å². The van der Waals surface area contributed by atoms with Crippen molar-refractivity contribution < 1.29 is 4.42 Å². The third-order valence-electron chi connectivity index (χ3n) is 2.94. The van der Waals surface area contributed by atoms with Gasteiger partial charge in [0.1, 0.15) is 5.58 Å². The number of aromatic nitrogens is 4. The number of benzene rings is 1. The van der Waals surface area contributed by atoms with Crippen molar-refractivity contribution in [3.8, 4) is 11.6 Å². The molecular weight excluding hydrogens is 268 g/mol. The molecule has 0 spiro atoms. The summed E-state index contributed by atoms with van der Waals surface area (Å²) in [5.74, 6) is 0.511. The highest BCUT2D eigenvalue weighted by Gasteiger charge is 2.14. The van der Waals surface area contributed by atoms with Gasteiger partial charge in [-0.15, -0.1) is 10.2 Å². The Kier molecular flexibility index (Phi) is 2.60. The van der Waals surface area contributed by atoms with E-state index in [-0.39, 0.29) is 17.0 Å². The molecule has 19 heavy (non-hydrogen) atoms. The zero-order valence-electron chi connectivity index (χ0n) is 10.2. The average Bonchev–Trinajstić information content (AvgIpc) is 2.89. The van der Waals surface area contributed by atoms with Gasteiger partial charge in [-0.3, -0.25) is 4.79 Å². The van der Waals surface area contributed by atoms with Gasteiger partial charge in [-0.25, -0.2) is 0 Å². The van der Waals surface area contributed by atoms with Crippen molar-refractivity contribution in [2.24, 2.45) is 0 Å². The smallest absolute Gasteiger partial charge is 0.239 e. The molecule has 3 aromatic rings. The maximum Gasteiger partial charge on any atom is 0.239 e. The molecule has 0 fully saturated rings. The Labute approximate surface area is 112 Å². The Hall–Kier alpha value is -2.21. The highest BCUT2D eigenvalue weighted by molar-refractivity contribution is 6.33. The number of fused-ring (bicyclic) bond motifs is 1. The number of hydrogen-bond donors (Lipinski definition) is 1. The third kappa shape index (κ3) is 1.80. The van der Waals surface area contributed by atoms with E-state index in [1.54, 1.807) is 13.0 Å². The van der Waals surface area contributed by atoms with Gasteiger partial charge < -0.3 is 4.42 Å². The summed E-state index contributed by atoms with van der Waals surface area (Å²) in [7, 11) is 0. The minimum Gasteiger partial charge on any atom is -0.452 e. The fourth-order valence-electron chi connectivity index (χ4n) is 2.02. The molecule has 0 amide bonds. The topological polar surface area (TPSA) is 84.7 Å². The van der Waals surface area contributed by atoms with Crippen LogP contribution in [0.1, 0.15) is 11.1 Å². The monoisotopic (exact) mass is 276 g/mol. The van der Waals surface area contributed by atoms with Crippen LogP contribution in [0.5, 0.6) is 0 Å². The molecule has 0 aliphatic rings. The molecule has 96 valence electrons. The second-order valence-electron chi connectivity index (χ2n) is 4.22. The van der Waals surface area contributed by atoms with Crippen LogP contribution in [-0.4, -0.2) is 20.6 Å². The number of aryl methyl sites for hydroxylation is 2. The molecular formula is C12H9ClN4O2. The average molecular weight is 277 g/mol. The molecule has 0 atom stereocenters. The second-order valence-corrected chi connectivity index (χ2v) is 4.59. The van der Waals surface area contributed by atoms with Crippen LogP contribution in [0.2, 0.25) is 5.02 Å². The molecule has 0 radical (unpaired) electrons. The standard InChI is InChI=1S/C12H9ClN4O2/c1-5-3-8-10(6(2)11(5)13)7(18)4-9(19-8)12-14-16-17-15-12/h3-4H,1-2H3,(H,14,15,16,17). The van der Waals surface area contributed by atoms with E-state index in [4.69, 9.17) is 16.0 Å². The summed E-state index contributed by atoms with van der Waals surface area (Å²) in [5.41, 5.74) is 1.84. The maximum absolute atomic E-state index is 12.2. The second kappa shape index (κ2) is 4.17. The highest BCUT2D eigenvalue weighted by Crippen LogP contribution is 2.28. The van der Waals surface area contributed by atoms with Gasteiger partial charge in [0.05, 0.1) is 5.39 Å². The molecule has 2 heterocycles.